The normalized spacial score (nSPS) is 16.4. The molecule has 2 heterocycles. The van der Waals surface area contributed by atoms with E-state index in [9.17, 15) is 4.79 Å². The smallest absolute Gasteiger partial charge is 0.336 e. The Labute approximate surface area is 140 Å². The van der Waals surface area contributed by atoms with Crippen molar-refractivity contribution >= 4 is 34.0 Å². The predicted molar refractivity (Wildman–Crippen MR) is 95.6 cm³/mol. The van der Waals surface area contributed by atoms with Gasteiger partial charge >= 0.3 is 5.63 Å². The molecule has 1 fully saturated rings. The minimum Gasteiger partial charge on any atom is -0.423 e. The molecule has 2 aromatic rings. The second-order valence-corrected chi connectivity index (χ2v) is 6.22. The first-order valence-corrected chi connectivity index (χ1v) is 7.98. The molecule has 122 valence electrons. The average Bonchev–Trinajstić information content (AvgIpc) is 2.49. The van der Waals surface area contributed by atoms with Gasteiger partial charge in [0.15, 0.2) is 5.11 Å². The number of rotatable bonds is 2. The largest absolute Gasteiger partial charge is 0.423 e. The van der Waals surface area contributed by atoms with E-state index in [1.807, 2.05) is 19.1 Å². The lowest BCUT2D eigenvalue weighted by Gasteiger charge is -2.33. The van der Waals surface area contributed by atoms with E-state index in [4.69, 9.17) is 16.6 Å². The highest BCUT2D eigenvalue weighted by Crippen LogP contribution is 2.20. The summed E-state index contributed by atoms with van der Waals surface area (Å²) in [5.41, 5.74) is 5.10. The fourth-order valence-electron chi connectivity index (χ4n) is 2.62. The van der Waals surface area contributed by atoms with Gasteiger partial charge in [-0.1, -0.05) is 0 Å². The molecule has 23 heavy (non-hydrogen) atoms. The second-order valence-electron chi connectivity index (χ2n) is 5.82. The molecular formula is C16H20N4O2S. The molecular weight excluding hydrogens is 312 g/mol. The molecule has 0 atom stereocenters. The number of piperazine rings is 1. The van der Waals surface area contributed by atoms with E-state index < -0.39 is 0 Å². The van der Waals surface area contributed by atoms with Crippen LogP contribution in [0, 0.1) is 6.92 Å². The van der Waals surface area contributed by atoms with Crippen LogP contribution in [-0.2, 0) is 0 Å². The summed E-state index contributed by atoms with van der Waals surface area (Å²) >= 11 is 5.35. The van der Waals surface area contributed by atoms with Crippen molar-refractivity contribution in [1.82, 2.24) is 15.3 Å². The fraction of sp³-hybridized carbons (Fsp3) is 0.375. The highest BCUT2D eigenvalue weighted by molar-refractivity contribution is 7.80. The predicted octanol–water partition coefficient (Wildman–Crippen LogP) is 1.55. The van der Waals surface area contributed by atoms with Gasteiger partial charge < -0.3 is 14.6 Å². The highest BCUT2D eigenvalue weighted by atomic mass is 32.1. The number of nitrogens with zero attached hydrogens (tertiary/aromatic N) is 2. The van der Waals surface area contributed by atoms with E-state index in [0.717, 1.165) is 42.8 Å². The van der Waals surface area contributed by atoms with Crippen molar-refractivity contribution < 1.29 is 4.42 Å². The first kappa shape index (κ1) is 15.9. The van der Waals surface area contributed by atoms with E-state index >= 15 is 0 Å². The first-order chi connectivity index (χ1) is 11.0. The third-order valence-corrected chi connectivity index (χ3v) is 4.17. The van der Waals surface area contributed by atoms with Crippen molar-refractivity contribution in [3.05, 3.63) is 40.2 Å². The van der Waals surface area contributed by atoms with E-state index in [2.05, 4.69) is 27.7 Å². The Morgan fingerprint density at radius 1 is 1.22 bits per heavy atom. The Morgan fingerprint density at radius 3 is 2.70 bits per heavy atom. The van der Waals surface area contributed by atoms with Crippen LogP contribution in [0.2, 0.25) is 0 Å². The third kappa shape index (κ3) is 3.87. The van der Waals surface area contributed by atoms with E-state index in [1.165, 1.54) is 6.07 Å². The Balaban J connectivity index is 1.69. The summed E-state index contributed by atoms with van der Waals surface area (Å²) in [6.07, 6.45) is 0. The standard InChI is InChI=1S/C16H20N4O2S/c1-11-9-15(21)22-14-10-12(3-4-13(11)14)17-16(23)18-20-7-5-19(2)6-8-20/h3-4,9-10H,5-8H2,1-2H3,(H2,17,18,23). The number of aryl methyl sites for hydroxylation is 1. The fourth-order valence-corrected chi connectivity index (χ4v) is 2.87. The Morgan fingerprint density at radius 2 is 1.96 bits per heavy atom. The molecule has 1 saturated heterocycles. The van der Waals surface area contributed by atoms with Crippen LogP contribution < -0.4 is 16.4 Å². The highest BCUT2D eigenvalue weighted by Gasteiger charge is 2.14. The maximum Gasteiger partial charge on any atom is 0.336 e. The van der Waals surface area contributed by atoms with Crippen molar-refractivity contribution in [2.45, 2.75) is 6.92 Å². The Hall–Kier alpha value is -1.96. The van der Waals surface area contributed by atoms with Crippen LogP contribution in [-0.4, -0.2) is 48.2 Å². The van der Waals surface area contributed by atoms with Crippen LogP contribution in [0.3, 0.4) is 0 Å². The molecule has 3 rings (SSSR count). The van der Waals surface area contributed by atoms with Crippen LogP contribution in [0.5, 0.6) is 0 Å². The summed E-state index contributed by atoms with van der Waals surface area (Å²) in [6.45, 7) is 5.76. The van der Waals surface area contributed by atoms with Gasteiger partial charge in [0.1, 0.15) is 5.58 Å². The van der Waals surface area contributed by atoms with Gasteiger partial charge in [-0.3, -0.25) is 5.43 Å². The monoisotopic (exact) mass is 332 g/mol. The van der Waals surface area contributed by atoms with E-state index in [-0.39, 0.29) is 5.63 Å². The molecule has 2 N–H and O–H groups in total. The summed E-state index contributed by atoms with van der Waals surface area (Å²) in [6, 6.07) is 7.14. The van der Waals surface area contributed by atoms with Crippen LogP contribution in [0.15, 0.2) is 33.5 Å². The van der Waals surface area contributed by atoms with Crippen LogP contribution >= 0.6 is 12.2 Å². The van der Waals surface area contributed by atoms with Gasteiger partial charge in [0.05, 0.1) is 0 Å². The van der Waals surface area contributed by atoms with Gasteiger partial charge in [-0.2, -0.15) is 0 Å². The van der Waals surface area contributed by atoms with E-state index in [0.29, 0.717) is 10.7 Å². The number of likely N-dealkylation sites (N-methyl/N-ethyl adjacent to an activating group) is 1. The summed E-state index contributed by atoms with van der Waals surface area (Å²) < 4.78 is 5.25. The topological polar surface area (TPSA) is 60.8 Å². The maximum atomic E-state index is 11.5. The summed E-state index contributed by atoms with van der Waals surface area (Å²) in [4.78, 5) is 13.8. The maximum absolute atomic E-state index is 11.5. The summed E-state index contributed by atoms with van der Waals surface area (Å²) in [7, 11) is 2.11. The molecule has 6 nitrogen and oxygen atoms in total. The van der Waals surface area contributed by atoms with Gasteiger partial charge in [-0.25, -0.2) is 9.80 Å². The lowest BCUT2D eigenvalue weighted by Crippen LogP contribution is -2.53. The van der Waals surface area contributed by atoms with Crippen molar-refractivity contribution in [1.29, 1.82) is 0 Å². The molecule has 0 amide bonds. The first-order valence-electron chi connectivity index (χ1n) is 7.57. The average molecular weight is 332 g/mol. The summed E-state index contributed by atoms with van der Waals surface area (Å²) in [5.74, 6) is 0. The number of anilines is 1. The Bertz CT molecular complexity index is 781. The summed E-state index contributed by atoms with van der Waals surface area (Å²) in [5, 5.41) is 6.69. The van der Waals surface area contributed by atoms with Gasteiger partial charge in [0.25, 0.3) is 0 Å². The SMILES string of the molecule is Cc1cc(=O)oc2cc(NC(=S)NN3CCN(C)CC3)ccc12. The molecule has 1 aliphatic rings. The number of hydrazine groups is 1. The minimum absolute atomic E-state index is 0.342. The van der Waals surface area contributed by atoms with Crippen LogP contribution in [0.1, 0.15) is 5.56 Å². The molecule has 1 aromatic heterocycles. The molecule has 1 aliphatic heterocycles. The Kier molecular flexibility index (Phi) is 4.61. The number of benzene rings is 1. The van der Waals surface area contributed by atoms with Crippen molar-refractivity contribution in [2.24, 2.45) is 0 Å². The van der Waals surface area contributed by atoms with Gasteiger partial charge in [-0.05, 0) is 43.9 Å². The third-order valence-electron chi connectivity index (χ3n) is 3.97. The number of fused-ring (bicyclic) bond motifs is 1. The van der Waals surface area contributed by atoms with Gasteiger partial charge in [0.2, 0.25) is 0 Å². The molecule has 0 aliphatic carbocycles. The molecule has 7 heteroatoms. The molecule has 1 aromatic carbocycles. The zero-order chi connectivity index (χ0) is 16.4. The number of nitrogens with one attached hydrogen (secondary N) is 2. The lowest BCUT2D eigenvalue weighted by molar-refractivity contribution is 0.131. The minimum atomic E-state index is -0.342. The number of thiocarbonyl (C=S) groups is 1. The van der Waals surface area contributed by atoms with Crippen molar-refractivity contribution in [2.75, 3.05) is 38.5 Å². The second kappa shape index (κ2) is 6.66. The van der Waals surface area contributed by atoms with Crippen molar-refractivity contribution in [3.63, 3.8) is 0 Å². The molecule has 0 radical (unpaired) electrons. The zero-order valence-corrected chi connectivity index (χ0v) is 14.1. The van der Waals surface area contributed by atoms with Gasteiger partial charge in [-0.15, -0.1) is 0 Å². The van der Waals surface area contributed by atoms with Crippen LogP contribution in [0.4, 0.5) is 5.69 Å². The van der Waals surface area contributed by atoms with Gasteiger partial charge in [0, 0.05) is 49.4 Å². The lowest BCUT2D eigenvalue weighted by atomic mass is 10.1. The molecule has 0 bridgehead atoms. The quantitative estimate of drug-likeness (QED) is 0.639. The molecule has 0 saturated carbocycles. The molecule has 0 spiro atoms. The number of hydrogen-bond donors (Lipinski definition) is 2. The van der Waals surface area contributed by atoms with Crippen molar-refractivity contribution in [3.8, 4) is 0 Å². The zero-order valence-electron chi connectivity index (χ0n) is 13.3. The number of hydrogen-bond acceptors (Lipinski definition) is 5. The molecule has 0 unspecified atom stereocenters. The van der Waals surface area contributed by atoms with E-state index in [1.54, 1.807) is 6.07 Å². The van der Waals surface area contributed by atoms with Crippen LogP contribution in [0.25, 0.3) is 11.0 Å².